The van der Waals surface area contributed by atoms with Crippen LogP contribution in [0.5, 0.6) is 0 Å². The molecule has 1 rings (SSSR count). The molecular formula is C10H14N2O2S. The van der Waals surface area contributed by atoms with Crippen LogP contribution in [-0.4, -0.2) is 14.6 Å². The van der Waals surface area contributed by atoms with Crippen LogP contribution >= 0.6 is 0 Å². The third kappa shape index (κ3) is 3.36. The molecule has 0 fully saturated rings. The Bertz CT molecular complexity index is 435. The second kappa shape index (κ2) is 4.93. The topological polar surface area (TPSA) is 58.5 Å². The molecular weight excluding hydrogens is 212 g/mol. The van der Waals surface area contributed by atoms with E-state index in [1.54, 1.807) is 24.3 Å². The highest BCUT2D eigenvalue weighted by Gasteiger charge is 2.11. The van der Waals surface area contributed by atoms with E-state index in [0.717, 1.165) is 5.56 Å². The number of aryl methyl sites for hydroxylation is 1. The smallest absolute Gasteiger partial charge is 0.200 e. The minimum atomic E-state index is -3.50. The van der Waals surface area contributed by atoms with Gasteiger partial charge in [-0.1, -0.05) is 24.6 Å². The number of nitrogens with one attached hydrogen (secondary N) is 1. The van der Waals surface area contributed by atoms with Crippen LogP contribution in [-0.2, 0) is 10.0 Å². The molecule has 0 radical (unpaired) electrons. The minimum absolute atomic E-state index is 0.223. The zero-order valence-electron chi connectivity index (χ0n) is 8.77. The summed E-state index contributed by atoms with van der Waals surface area (Å²) in [6.45, 7) is 3.78. The van der Waals surface area contributed by atoms with Gasteiger partial charge in [-0.05, 0) is 25.5 Å². The van der Waals surface area contributed by atoms with E-state index < -0.39 is 10.0 Å². The Labute approximate surface area is 90.1 Å². The van der Waals surface area contributed by atoms with Crippen LogP contribution in [0.1, 0.15) is 18.9 Å². The number of sulfonamides is 1. The maximum Gasteiger partial charge on any atom is 0.276 e. The zero-order chi connectivity index (χ0) is 11.3. The van der Waals surface area contributed by atoms with Crippen molar-refractivity contribution in [2.24, 2.45) is 5.10 Å². The molecule has 1 aromatic carbocycles. The Balaban J connectivity index is 2.87. The fourth-order valence-electron chi connectivity index (χ4n) is 0.968. The third-order valence-electron chi connectivity index (χ3n) is 1.78. The van der Waals surface area contributed by atoms with Crippen molar-refractivity contribution in [3.05, 3.63) is 29.8 Å². The van der Waals surface area contributed by atoms with E-state index in [2.05, 4.69) is 9.93 Å². The van der Waals surface area contributed by atoms with Crippen LogP contribution in [0.2, 0.25) is 0 Å². The van der Waals surface area contributed by atoms with Gasteiger partial charge in [0.1, 0.15) is 0 Å². The molecule has 0 spiro atoms. The molecule has 0 aliphatic rings. The highest BCUT2D eigenvalue weighted by atomic mass is 32.2. The lowest BCUT2D eigenvalue weighted by atomic mass is 10.2. The summed E-state index contributed by atoms with van der Waals surface area (Å²) < 4.78 is 23.2. The SMILES string of the molecule is CC/C=N/NS(=O)(=O)c1ccc(C)cc1. The molecule has 82 valence electrons. The molecule has 4 nitrogen and oxygen atoms in total. The van der Waals surface area contributed by atoms with E-state index >= 15 is 0 Å². The van der Waals surface area contributed by atoms with Crippen LogP contribution in [0.3, 0.4) is 0 Å². The molecule has 1 N–H and O–H groups in total. The molecule has 0 aliphatic carbocycles. The number of nitrogens with zero attached hydrogens (tertiary/aromatic N) is 1. The van der Waals surface area contributed by atoms with Gasteiger partial charge in [-0.25, -0.2) is 4.83 Å². The summed E-state index contributed by atoms with van der Waals surface area (Å²) in [5.74, 6) is 0. The molecule has 5 heteroatoms. The highest BCUT2D eigenvalue weighted by molar-refractivity contribution is 7.89. The van der Waals surface area contributed by atoms with Gasteiger partial charge in [-0.2, -0.15) is 13.5 Å². The van der Waals surface area contributed by atoms with E-state index in [9.17, 15) is 8.42 Å². The molecule has 0 saturated heterocycles. The molecule has 0 unspecified atom stereocenters. The molecule has 0 aromatic heterocycles. The lowest BCUT2D eigenvalue weighted by molar-refractivity contribution is 0.584. The monoisotopic (exact) mass is 226 g/mol. The summed E-state index contributed by atoms with van der Waals surface area (Å²) in [4.78, 5) is 2.36. The van der Waals surface area contributed by atoms with Crippen molar-refractivity contribution in [3.8, 4) is 0 Å². The van der Waals surface area contributed by atoms with Gasteiger partial charge in [0.15, 0.2) is 0 Å². The molecule has 15 heavy (non-hydrogen) atoms. The van der Waals surface area contributed by atoms with Gasteiger partial charge in [0.25, 0.3) is 10.0 Å². The zero-order valence-corrected chi connectivity index (χ0v) is 9.58. The Kier molecular flexibility index (Phi) is 3.85. The Morgan fingerprint density at radius 3 is 2.47 bits per heavy atom. The van der Waals surface area contributed by atoms with Crippen molar-refractivity contribution in [1.82, 2.24) is 4.83 Å². The first kappa shape index (κ1) is 11.7. The van der Waals surface area contributed by atoms with Crippen molar-refractivity contribution < 1.29 is 8.42 Å². The number of hydrogen-bond acceptors (Lipinski definition) is 3. The molecule has 0 heterocycles. The van der Waals surface area contributed by atoms with Crippen LogP contribution in [0.15, 0.2) is 34.3 Å². The summed E-state index contributed by atoms with van der Waals surface area (Å²) in [5, 5.41) is 3.60. The lowest BCUT2D eigenvalue weighted by Gasteiger charge is -2.02. The first-order chi connectivity index (χ1) is 7.06. The van der Waals surface area contributed by atoms with E-state index in [0.29, 0.717) is 6.42 Å². The van der Waals surface area contributed by atoms with Gasteiger partial charge in [0.2, 0.25) is 0 Å². The van der Waals surface area contributed by atoms with Gasteiger partial charge >= 0.3 is 0 Å². The molecule has 0 amide bonds. The summed E-state index contributed by atoms with van der Waals surface area (Å²) in [5.41, 5.74) is 1.02. The summed E-state index contributed by atoms with van der Waals surface area (Å²) in [6.07, 6.45) is 2.20. The maximum absolute atomic E-state index is 11.6. The first-order valence-corrected chi connectivity index (χ1v) is 6.14. The van der Waals surface area contributed by atoms with Crippen molar-refractivity contribution >= 4 is 16.2 Å². The normalized spacial score (nSPS) is 11.9. The number of rotatable bonds is 4. The summed E-state index contributed by atoms with van der Waals surface area (Å²) >= 11 is 0. The average molecular weight is 226 g/mol. The average Bonchev–Trinajstić information content (AvgIpc) is 2.18. The van der Waals surface area contributed by atoms with E-state index in [-0.39, 0.29) is 4.90 Å². The predicted molar refractivity (Wildman–Crippen MR) is 60.3 cm³/mol. The van der Waals surface area contributed by atoms with Gasteiger partial charge < -0.3 is 0 Å². The fraction of sp³-hybridized carbons (Fsp3) is 0.300. The molecule has 1 aromatic rings. The Morgan fingerprint density at radius 1 is 1.33 bits per heavy atom. The molecule has 0 aliphatic heterocycles. The molecule has 0 saturated carbocycles. The fourth-order valence-corrected chi connectivity index (χ4v) is 1.78. The van der Waals surface area contributed by atoms with Crippen molar-refractivity contribution in [3.63, 3.8) is 0 Å². The van der Waals surface area contributed by atoms with E-state index in [1.165, 1.54) is 6.21 Å². The largest absolute Gasteiger partial charge is 0.276 e. The standard InChI is InChI=1S/C10H14N2O2S/c1-3-8-11-12-15(13,14)10-6-4-9(2)5-7-10/h4-8,12H,3H2,1-2H3/b11-8+. The quantitative estimate of drug-likeness (QED) is 0.627. The van der Waals surface area contributed by atoms with Gasteiger partial charge in [0, 0.05) is 6.21 Å². The first-order valence-electron chi connectivity index (χ1n) is 4.66. The number of benzene rings is 1. The second-order valence-electron chi connectivity index (χ2n) is 3.13. The van der Waals surface area contributed by atoms with E-state index in [1.807, 2.05) is 13.8 Å². The number of hydrazone groups is 1. The number of hydrogen-bond donors (Lipinski definition) is 1. The summed E-state index contributed by atoms with van der Waals surface area (Å²) in [6, 6.07) is 6.61. The highest BCUT2D eigenvalue weighted by Crippen LogP contribution is 2.09. The van der Waals surface area contributed by atoms with E-state index in [4.69, 9.17) is 0 Å². The molecule has 0 bridgehead atoms. The van der Waals surface area contributed by atoms with Crippen molar-refractivity contribution in [2.45, 2.75) is 25.2 Å². The van der Waals surface area contributed by atoms with Crippen LogP contribution < -0.4 is 4.83 Å². The van der Waals surface area contributed by atoms with Crippen molar-refractivity contribution in [2.75, 3.05) is 0 Å². The lowest BCUT2D eigenvalue weighted by Crippen LogP contribution is -2.18. The summed E-state index contributed by atoms with van der Waals surface area (Å²) in [7, 11) is -3.50. The second-order valence-corrected chi connectivity index (χ2v) is 4.79. The maximum atomic E-state index is 11.6. The third-order valence-corrected chi connectivity index (χ3v) is 3.02. The van der Waals surface area contributed by atoms with Gasteiger partial charge in [-0.3, -0.25) is 0 Å². The minimum Gasteiger partial charge on any atom is -0.200 e. The Hall–Kier alpha value is -1.36. The van der Waals surface area contributed by atoms with Crippen LogP contribution in [0.4, 0.5) is 0 Å². The van der Waals surface area contributed by atoms with Crippen LogP contribution in [0.25, 0.3) is 0 Å². The van der Waals surface area contributed by atoms with Crippen molar-refractivity contribution in [1.29, 1.82) is 0 Å². The molecule has 0 atom stereocenters. The van der Waals surface area contributed by atoms with Crippen LogP contribution in [0, 0.1) is 6.92 Å². The van der Waals surface area contributed by atoms with Gasteiger partial charge in [-0.15, -0.1) is 0 Å². The Morgan fingerprint density at radius 2 is 1.93 bits per heavy atom. The van der Waals surface area contributed by atoms with Gasteiger partial charge in [0.05, 0.1) is 4.90 Å². The predicted octanol–water partition coefficient (Wildman–Crippen LogP) is 1.67.